The summed E-state index contributed by atoms with van der Waals surface area (Å²) in [6, 6.07) is 12.4. The van der Waals surface area contributed by atoms with Crippen molar-refractivity contribution in [1.29, 1.82) is 0 Å². The fraction of sp³-hybridized carbons (Fsp3) is 0.158. The van der Waals surface area contributed by atoms with E-state index in [-0.39, 0.29) is 11.9 Å². The fourth-order valence-corrected chi connectivity index (χ4v) is 3.76. The van der Waals surface area contributed by atoms with E-state index in [2.05, 4.69) is 31.9 Å². The number of carbonyl (C=O) groups is 1. The summed E-state index contributed by atoms with van der Waals surface area (Å²) < 4.78 is 6.23. The van der Waals surface area contributed by atoms with Gasteiger partial charge in [0.05, 0.1) is 24.4 Å². The third-order valence-corrected chi connectivity index (χ3v) is 5.05. The number of amides is 1. The molecule has 1 amide bonds. The van der Waals surface area contributed by atoms with Crippen LogP contribution in [-0.4, -0.2) is 18.1 Å². The van der Waals surface area contributed by atoms with Crippen LogP contribution < -0.4 is 20.7 Å². The van der Waals surface area contributed by atoms with Gasteiger partial charge in [0, 0.05) is 15.2 Å². The molecule has 140 valence electrons. The second-order valence-electron chi connectivity index (χ2n) is 5.92. The third kappa shape index (κ3) is 4.43. The Balaban J connectivity index is 1.98. The molecule has 0 saturated carbocycles. The van der Waals surface area contributed by atoms with Crippen molar-refractivity contribution in [2.45, 2.75) is 13.0 Å². The summed E-state index contributed by atoms with van der Waals surface area (Å²) in [5.41, 5.74) is 2.62. The summed E-state index contributed by atoms with van der Waals surface area (Å²) in [5.74, 6) is 0.248. The maximum atomic E-state index is 13.1. The lowest BCUT2D eigenvalue weighted by molar-refractivity contribution is -0.113. The molecule has 1 atom stereocenters. The van der Waals surface area contributed by atoms with Gasteiger partial charge in [-0.25, -0.2) is 0 Å². The lowest BCUT2D eigenvalue weighted by Crippen LogP contribution is -2.45. The minimum absolute atomic E-state index is 0.277. The Morgan fingerprint density at radius 2 is 2.07 bits per heavy atom. The first-order valence-corrected chi connectivity index (χ1v) is 9.65. The molecule has 1 heterocycles. The topological polar surface area (TPSA) is 62.4 Å². The lowest BCUT2D eigenvalue weighted by atomic mass is 9.95. The molecule has 0 unspecified atom stereocenters. The van der Waals surface area contributed by atoms with Crippen LogP contribution in [0.5, 0.6) is 5.75 Å². The number of carbonyl (C=O) groups excluding carboxylic acids is 1. The van der Waals surface area contributed by atoms with E-state index in [0.717, 1.165) is 10.0 Å². The van der Waals surface area contributed by atoms with Crippen molar-refractivity contribution < 1.29 is 9.53 Å². The van der Waals surface area contributed by atoms with Gasteiger partial charge in [-0.1, -0.05) is 39.7 Å². The predicted octanol–water partition coefficient (Wildman–Crippen LogP) is 4.54. The van der Waals surface area contributed by atoms with Crippen LogP contribution in [0.2, 0.25) is 5.02 Å². The Morgan fingerprint density at radius 1 is 1.30 bits per heavy atom. The Bertz CT molecular complexity index is 948. The van der Waals surface area contributed by atoms with Gasteiger partial charge in [-0.15, -0.1) is 0 Å². The van der Waals surface area contributed by atoms with Gasteiger partial charge in [-0.05, 0) is 55.0 Å². The highest BCUT2D eigenvalue weighted by Crippen LogP contribution is 2.32. The molecule has 0 aromatic heterocycles. The number of benzene rings is 2. The van der Waals surface area contributed by atoms with E-state index < -0.39 is 0 Å². The Hall–Kier alpha value is -2.09. The summed E-state index contributed by atoms with van der Waals surface area (Å²) in [7, 11) is 1.54. The quantitative estimate of drug-likeness (QED) is 0.577. The molecule has 5 nitrogen and oxygen atoms in total. The summed E-state index contributed by atoms with van der Waals surface area (Å²) in [5, 5.41) is 10.0. The van der Waals surface area contributed by atoms with Crippen LogP contribution in [0, 0.1) is 0 Å². The molecule has 0 saturated heterocycles. The van der Waals surface area contributed by atoms with E-state index >= 15 is 0 Å². The maximum Gasteiger partial charge on any atom is 0.255 e. The molecule has 0 bridgehead atoms. The number of hydrogen-bond donors (Lipinski definition) is 3. The van der Waals surface area contributed by atoms with Crippen LogP contribution in [0.15, 0.2) is 58.2 Å². The van der Waals surface area contributed by atoms with E-state index in [1.165, 1.54) is 7.11 Å². The molecule has 8 heteroatoms. The molecular formula is C19H17BrClN3O2S. The number of halogens is 2. The standard InChI is InChI=1S/C19H17BrClN3O2S/c1-10-16(18(25)23-14-9-13(21)6-7-15(14)26-2)17(24-19(27)22-10)11-4-3-5-12(20)8-11/h3-9,17H,1-2H3,(H,23,25)(H2,22,24,27)/t17-/m1/s1. The molecule has 1 aliphatic heterocycles. The van der Waals surface area contributed by atoms with Crippen molar-refractivity contribution in [3.05, 3.63) is 68.8 Å². The molecule has 0 radical (unpaired) electrons. The number of allylic oxidation sites excluding steroid dienone is 1. The number of methoxy groups -OCH3 is 1. The highest BCUT2D eigenvalue weighted by Gasteiger charge is 2.30. The SMILES string of the molecule is COc1ccc(Cl)cc1NC(=O)C1=C(C)NC(=S)N[C@@H]1c1cccc(Br)c1. The van der Waals surface area contributed by atoms with E-state index in [1.54, 1.807) is 18.2 Å². The normalized spacial score (nSPS) is 16.4. The summed E-state index contributed by atoms with van der Waals surface area (Å²) in [4.78, 5) is 13.1. The number of rotatable bonds is 4. The van der Waals surface area contributed by atoms with Gasteiger partial charge in [0.1, 0.15) is 5.75 Å². The number of thiocarbonyl (C=S) groups is 1. The first-order chi connectivity index (χ1) is 12.9. The summed E-state index contributed by atoms with van der Waals surface area (Å²) in [6.07, 6.45) is 0. The molecule has 0 aliphatic carbocycles. The van der Waals surface area contributed by atoms with Crippen LogP contribution in [0.1, 0.15) is 18.5 Å². The molecule has 0 spiro atoms. The van der Waals surface area contributed by atoms with E-state index in [9.17, 15) is 4.79 Å². The second kappa shape index (κ2) is 8.29. The maximum absolute atomic E-state index is 13.1. The minimum Gasteiger partial charge on any atom is -0.495 e. The zero-order valence-corrected chi connectivity index (χ0v) is 17.8. The number of hydrogen-bond acceptors (Lipinski definition) is 3. The highest BCUT2D eigenvalue weighted by atomic mass is 79.9. The van der Waals surface area contributed by atoms with E-state index in [4.69, 9.17) is 28.6 Å². The van der Waals surface area contributed by atoms with Crippen molar-refractivity contribution in [2.24, 2.45) is 0 Å². The summed E-state index contributed by atoms with van der Waals surface area (Å²) >= 11 is 14.8. The minimum atomic E-state index is -0.388. The first-order valence-electron chi connectivity index (χ1n) is 8.07. The van der Waals surface area contributed by atoms with Gasteiger partial charge >= 0.3 is 0 Å². The molecule has 0 fully saturated rings. The van der Waals surface area contributed by atoms with Crippen molar-refractivity contribution in [2.75, 3.05) is 12.4 Å². The largest absolute Gasteiger partial charge is 0.495 e. The van der Waals surface area contributed by atoms with E-state index in [1.807, 2.05) is 31.2 Å². The Kier molecular flexibility index (Phi) is 6.04. The second-order valence-corrected chi connectivity index (χ2v) is 7.68. The zero-order valence-electron chi connectivity index (χ0n) is 14.6. The molecule has 3 N–H and O–H groups in total. The third-order valence-electron chi connectivity index (χ3n) is 4.11. The molecule has 1 aliphatic rings. The zero-order chi connectivity index (χ0) is 19.6. The van der Waals surface area contributed by atoms with Crippen LogP contribution in [0.25, 0.3) is 0 Å². The average molecular weight is 467 g/mol. The average Bonchev–Trinajstić information content (AvgIpc) is 2.61. The van der Waals surface area contributed by atoms with E-state index in [0.29, 0.717) is 32.8 Å². The van der Waals surface area contributed by atoms with Crippen LogP contribution in [0.3, 0.4) is 0 Å². The fourth-order valence-electron chi connectivity index (χ4n) is 2.90. The predicted molar refractivity (Wildman–Crippen MR) is 115 cm³/mol. The van der Waals surface area contributed by atoms with Gasteiger partial charge in [-0.3, -0.25) is 4.79 Å². The van der Waals surface area contributed by atoms with Crippen molar-refractivity contribution in [1.82, 2.24) is 10.6 Å². The Morgan fingerprint density at radius 3 is 2.78 bits per heavy atom. The van der Waals surface area contributed by atoms with Crippen LogP contribution in [-0.2, 0) is 4.79 Å². The number of ether oxygens (including phenoxy) is 1. The van der Waals surface area contributed by atoms with Crippen LogP contribution in [0.4, 0.5) is 5.69 Å². The van der Waals surface area contributed by atoms with Gasteiger partial charge < -0.3 is 20.7 Å². The molecule has 2 aromatic carbocycles. The number of anilines is 1. The van der Waals surface area contributed by atoms with Gasteiger partial charge in [0.15, 0.2) is 5.11 Å². The smallest absolute Gasteiger partial charge is 0.255 e. The lowest BCUT2D eigenvalue weighted by Gasteiger charge is -2.30. The molecular weight excluding hydrogens is 450 g/mol. The molecule has 3 rings (SSSR count). The van der Waals surface area contributed by atoms with Crippen molar-refractivity contribution in [3.8, 4) is 5.75 Å². The van der Waals surface area contributed by atoms with Crippen molar-refractivity contribution >= 4 is 56.5 Å². The van der Waals surface area contributed by atoms with Crippen molar-refractivity contribution in [3.63, 3.8) is 0 Å². The Labute approximate surface area is 176 Å². The van der Waals surface area contributed by atoms with Gasteiger partial charge in [-0.2, -0.15) is 0 Å². The highest BCUT2D eigenvalue weighted by molar-refractivity contribution is 9.10. The molecule has 2 aromatic rings. The molecule has 27 heavy (non-hydrogen) atoms. The van der Waals surface area contributed by atoms with Gasteiger partial charge in [0.2, 0.25) is 0 Å². The van der Waals surface area contributed by atoms with Gasteiger partial charge in [0.25, 0.3) is 5.91 Å². The summed E-state index contributed by atoms with van der Waals surface area (Å²) in [6.45, 7) is 1.82. The first kappa shape index (κ1) is 19.7. The number of nitrogens with one attached hydrogen (secondary N) is 3. The van der Waals surface area contributed by atoms with Crippen LogP contribution >= 0.6 is 39.7 Å². The monoisotopic (exact) mass is 465 g/mol.